The van der Waals surface area contributed by atoms with Crippen LogP contribution in [0, 0.1) is 17.3 Å². The summed E-state index contributed by atoms with van der Waals surface area (Å²) in [6.07, 6.45) is -2.02. The normalized spacial score (nSPS) is 50.1. The molecule has 4 heteroatoms. The maximum atomic E-state index is 12.8. The van der Waals surface area contributed by atoms with E-state index in [9.17, 15) is 13.2 Å². The van der Waals surface area contributed by atoms with Crippen LogP contribution in [0.1, 0.15) is 26.2 Å². The van der Waals surface area contributed by atoms with Gasteiger partial charge in [0.2, 0.25) is 0 Å². The third-order valence-corrected chi connectivity index (χ3v) is 4.48. The molecule has 4 unspecified atom stereocenters. The van der Waals surface area contributed by atoms with E-state index in [0.717, 1.165) is 12.8 Å². The molecule has 0 aliphatic heterocycles. The van der Waals surface area contributed by atoms with Crippen molar-refractivity contribution in [1.29, 1.82) is 0 Å². The van der Waals surface area contributed by atoms with Gasteiger partial charge in [0.15, 0.2) is 0 Å². The number of fused-ring (bicyclic) bond motifs is 2. The van der Waals surface area contributed by atoms with Gasteiger partial charge in [-0.15, -0.1) is 0 Å². The second kappa shape index (κ2) is 2.59. The van der Waals surface area contributed by atoms with Crippen molar-refractivity contribution in [1.82, 2.24) is 0 Å². The van der Waals surface area contributed by atoms with E-state index in [1.54, 1.807) is 0 Å². The molecule has 2 fully saturated rings. The smallest absolute Gasteiger partial charge is 0.171 e. The monoisotopic (exact) mass is 211 g/mol. The lowest BCUT2D eigenvalue weighted by Gasteiger charge is -2.36. The second-order valence-corrected chi connectivity index (χ2v) is 5.41. The van der Waals surface area contributed by atoms with Crippen molar-refractivity contribution in [3.8, 4) is 0 Å². The molecule has 0 nitrogen and oxygen atoms in total. The molecule has 0 amide bonds. The van der Waals surface area contributed by atoms with Crippen molar-refractivity contribution in [2.45, 2.75) is 37.6 Å². The molecule has 4 atom stereocenters. The quantitative estimate of drug-likeness (QED) is 0.540. The SMILES string of the molecule is CC1(C(F)(F)F)CC2CC([SH2+])C1C2. The van der Waals surface area contributed by atoms with Crippen molar-refractivity contribution in [2.75, 3.05) is 0 Å². The number of halogens is 3. The lowest BCUT2D eigenvalue weighted by molar-refractivity contribution is -0.233. The van der Waals surface area contributed by atoms with Crippen LogP contribution in [0.25, 0.3) is 0 Å². The van der Waals surface area contributed by atoms with E-state index in [1.807, 2.05) is 0 Å². The minimum atomic E-state index is -4.03. The molecule has 0 aromatic heterocycles. The van der Waals surface area contributed by atoms with E-state index in [2.05, 4.69) is 12.6 Å². The van der Waals surface area contributed by atoms with Crippen molar-refractivity contribution in [3.05, 3.63) is 0 Å². The van der Waals surface area contributed by atoms with Crippen LogP contribution in [0.2, 0.25) is 0 Å². The fourth-order valence-corrected chi connectivity index (χ4v) is 3.93. The zero-order valence-electron chi connectivity index (χ0n) is 7.49. The summed E-state index contributed by atoms with van der Waals surface area (Å²) >= 11 is 3.42. The first-order chi connectivity index (χ1) is 5.84. The largest absolute Gasteiger partial charge is 0.394 e. The van der Waals surface area contributed by atoms with Crippen LogP contribution in [-0.4, -0.2) is 11.4 Å². The first-order valence-electron chi connectivity index (χ1n) is 4.62. The van der Waals surface area contributed by atoms with Crippen LogP contribution in [0.5, 0.6) is 0 Å². The van der Waals surface area contributed by atoms with Gasteiger partial charge in [0, 0.05) is 5.92 Å². The summed E-state index contributed by atoms with van der Waals surface area (Å²) in [5, 5.41) is 0.0744. The first-order valence-corrected chi connectivity index (χ1v) is 5.20. The number of rotatable bonds is 0. The first kappa shape index (κ1) is 9.69. The molecule has 13 heavy (non-hydrogen) atoms. The molecule has 0 saturated heterocycles. The molecule has 2 saturated carbocycles. The van der Waals surface area contributed by atoms with Crippen molar-refractivity contribution < 1.29 is 13.2 Å². The van der Waals surface area contributed by atoms with Crippen molar-refractivity contribution in [2.24, 2.45) is 17.3 Å². The molecule has 0 spiro atoms. The van der Waals surface area contributed by atoms with Gasteiger partial charge in [0.1, 0.15) is 5.25 Å². The van der Waals surface area contributed by atoms with E-state index in [0.29, 0.717) is 12.3 Å². The Morgan fingerprint density at radius 3 is 2.23 bits per heavy atom. The number of alkyl halides is 3. The predicted molar refractivity (Wildman–Crippen MR) is 48.9 cm³/mol. The Labute approximate surface area is 81.3 Å². The predicted octanol–water partition coefficient (Wildman–Crippen LogP) is 2.37. The Morgan fingerprint density at radius 1 is 1.31 bits per heavy atom. The average Bonchev–Trinajstić information content (AvgIpc) is 2.41. The fraction of sp³-hybridized carbons (Fsp3) is 1.00. The van der Waals surface area contributed by atoms with Gasteiger partial charge < -0.3 is 0 Å². The molecular weight excluding hydrogens is 197 g/mol. The van der Waals surface area contributed by atoms with Crippen molar-refractivity contribution in [3.63, 3.8) is 0 Å². The summed E-state index contributed by atoms with van der Waals surface area (Å²) in [6.45, 7) is 1.38. The molecule has 0 aromatic carbocycles. The Bertz CT molecular complexity index is 225. The zero-order chi connectivity index (χ0) is 9.85. The molecule has 2 bridgehead atoms. The van der Waals surface area contributed by atoms with Crippen LogP contribution in [0.4, 0.5) is 13.2 Å². The molecule has 2 aliphatic rings. The van der Waals surface area contributed by atoms with Crippen LogP contribution in [0.15, 0.2) is 0 Å². The fourth-order valence-electron chi connectivity index (χ4n) is 3.09. The third kappa shape index (κ3) is 1.21. The number of hydrogen-bond donors (Lipinski definition) is 0. The van der Waals surface area contributed by atoms with Crippen LogP contribution in [0.3, 0.4) is 0 Å². The van der Waals surface area contributed by atoms with Gasteiger partial charge in [0.25, 0.3) is 0 Å². The van der Waals surface area contributed by atoms with E-state index in [-0.39, 0.29) is 11.2 Å². The third-order valence-electron chi connectivity index (χ3n) is 3.84. The summed E-state index contributed by atoms with van der Waals surface area (Å²) in [4.78, 5) is 0. The van der Waals surface area contributed by atoms with Crippen LogP contribution in [-0.2, 0) is 12.6 Å². The molecule has 0 heterocycles. The van der Waals surface area contributed by atoms with E-state index in [4.69, 9.17) is 0 Å². The lowest BCUT2D eigenvalue weighted by Crippen LogP contribution is -2.44. The molecule has 0 aromatic rings. The zero-order valence-corrected chi connectivity index (χ0v) is 8.49. The van der Waals surface area contributed by atoms with Crippen LogP contribution < -0.4 is 0 Å². The van der Waals surface area contributed by atoms with E-state index >= 15 is 0 Å². The molecule has 0 radical (unpaired) electrons. The van der Waals surface area contributed by atoms with Gasteiger partial charge in [-0.2, -0.15) is 13.2 Å². The summed E-state index contributed by atoms with van der Waals surface area (Å²) in [6, 6.07) is 0. The van der Waals surface area contributed by atoms with E-state index < -0.39 is 11.6 Å². The van der Waals surface area contributed by atoms with Crippen molar-refractivity contribution >= 4 is 12.6 Å². The highest BCUT2D eigenvalue weighted by atomic mass is 32.1. The second-order valence-electron chi connectivity index (χ2n) is 4.67. The Hall–Kier alpha value is 0.140. The highest BCUT2D eigenvalue weighted by Crippen LogP contribution is 2.62. The average molecular weight is 211 g/mol. The van der Waals surface area contributed by atoms with Gasteiger partial charge >= 0.3 is 6.18 Å². The Balaban J connectivity index is 2.27. The molecule has 2 rings (SSSR count). The van der Waals surface area contributed by atoms with Gasteiger partial charge in [-0.3, -0.25) is 0 Å². The maximum absolute atomic E-state index is 12.8. The van der Waals surface area contributed by atoms with Gasteiger partial charge in [-0.25, -0.2) is 0 Å². The Kier molecular flexibility index (Phi) is 1.93. The van der Waals surface area contributed by atoms with E-state index in [1.165, 1.54) is 6.92 Å². The summed E-state index contributed by atoms with van der Waals surface area (Å²) in [5.41, 5.74) is -1.43. The number of hydrogen-bond acceptors (Lipinski definition) is 0. The topological polar surface area (TPSA) is 0 Å². The molecule has 76 valence electrons. The summed E-state index contributed by atoms with van der Waals surface area (Å²) < 4.78 is 38.3. The highest BCUT2D eigenvalue weighted by Gasteiger charge is 2.66. The summed E-state index contributed by atoms with van der Waals surface area (Å²) in [5.74, 6) is 0.0910. The minimum absolute atomic E-state index is 0.0744. The Morgan fingerprint density at radius 2 is 1.92 bits per heavy atom. The molecular formula is C9H14F3S+. The maximum Gasteiger partial charge on any atom is 0.394 e. The van der Waals surface area contributed by atoms with Crippen LogP contribution >= 0.6 is 0 Å². The lowest BCUT2D eigenvalue weighted by atomic mass is 9.74. The van der Waals surface area contributed by atoms with Gasteiger partial charge in [-0.05, 0) is 37.8 Å². The minimum Gasteiger partial charge on any atom is -0.171 e. The summed E-state index contributed by atoms with van der Waals surface area (Å²) in [7, 11) is 0. The molecule has 2 aliphatic carbocycles. The van der Waals surface area contributed by atoms with Gasteiger partial charge in [-0.1, -0.05) is 6.92 Å². The molecule has 0 N–H and O–H groups in total. The highest BCUT2D eigenvalue weighted by molar-refractivity contribution is 7.59. The standard InChI is InChI=1S/C9H13F3S/c1-8(9(10,11)12)4-5-2-6(8)7(13)3-5/h5-7,13H,2-4H2,1H3/p+1. The van der Waals surface area contributed by atoms with Gasteiger partial charge in [0.05, 0.1) is 5.41 Å².